The first kappa shape index (κ1) is 27.1. The predicted molar refractivity (Wildman–Crippen MR) is 148 cm³/mol. The summed E-state index contributed by atoms with van der Waals surface area (Å²) in [6, 6.07) is 11.4. The molecule has 1 unspecified atom stereocenters. The van der Waals surface area contributed by atoms with Crippen LogP contribution in [0.15, 0.2) is 57.3 Å². The molecular formula is C27H31BrN4O4S. The van der Waals surface area contributed by atoms with Crippen LogP contribution in [0.3, 0.4) is 0 Å². The van der Waals surface area contributed by atoms with E-state index in [2.05, 4.69) is 39.2 Å². The number of ether oxygens (including phenoxy) is 3. The highest BCUT2D eigenvalue weighted by molar-refractivity contribution is 9.10. The fourth-order valence-electron chi connectivity index (χ4n) is 4.17. The number of aromatic nitrogens is 3. The third-order valence-electron chi connectivity index (χ3n) is 5.88. The molecule has 37 heavy (non-hydrogen) atoms. The average molecular weight is 588 g/mol. The summed E-state index contributed by atoms with van der Waals surface area (Å²) in [6.07, 6.45) is 0. The summed E-state index contributed by atoms with van der Waals surface area (Å²) in [5, 5.41) is 8.57. The molecule has 1 atom stereocenters. The van der Waals surface area contributed by atoms with Crippen LogP contribution in [0, 0.1) is 6.92 Å². The van der Waals surface area contributed by atoms with E-state index in [1.54, 1.807) is 11.6 Å². The number of thioether (sulfide) groups is 1. The van der Waals surface area contributed by atoms with Gasteiger partial charge in [-0.1, -0.05) is 43.0 Å². The Kier molecular flexibility index (Phi) is 8.81. The van der Waals surface area contributed by atoms with E-state index in [0.29, 0.717) is 51.6 Å². The van der Waals surface area contributed by atoms with E-state index in [-0.39, 0.29) is 6.61 Å². The van der Waals surface area contributed by atoms with Gasteiger partial charge in [-0.2, -0.15) is 4.98 Å². The number of carbonyl (C=O) groups is 1. The number of benzene rings is 2. The number of fused-ring (bicyclic) bond motifs is 1. The summed E-state index contributed by atoms with van der Waals surface area (Å²) < 4.78 is 20.1. The van der Waals surface area contributed by atoms with Crippen LogP contribution in [-0.4, -0.2) is 39.7 Å². The predicted octanol–water partition coefficient (Wildman–Crippen LogP) is 6.29. The normalized spacial score (nSPS) is 14.7. The molecule has 0 radical (unpaired) electrons. The summed E-state index contributed by atoms with van der Waals surface area (Å²) in [5.74, 6) is 2.17. The first-order valence-electron chi connectivity index (χ1n) is 12.3. The van der Waals surface area contributed by atoms with Gasteiger partial charge in [0.25, 0.3) is 0 Å². The molecule has 1 N–H and O–H groups in total. The van der Waals surface area contributed by atoms with Crippen LogP contribution >= 0.6 is 27.7 Å². The topological polar surface area (TPSA) is 87.5 Å². The minimum Gasteiger partial charge on any atom is -0.490 e. The number of rotatable bonds is 10. The van der Waals surface area contributed by atoms with Crippen molar-refractivity contribution in [3.63, 3.8) is 0 Å². The molecule has 0 aliphatic carbocycles. The van der Waals surface area contributed by atoms with E-state index in [9.17, 15) is 4.79 Å². The molecule has 2 heterocycles. The summed E-state index contributed by atoms with van der Waals surface area (Å²) in [6.45, 7) is 10.8. The SMILES string of the molecule is CCOC(=O)C1=C(C)Nc2nc(SCC)nn2C1c1cc(Br)c(OCc2ccccc2C)c(OCC)c1. The molecule has 0 saturated heterocycles. The number of halogens is 1. The van der Waals surface area contributed by atoms with Crippen molar-refractivity contribution in [2.75, 3.05) is 24.3 Å². The highest BCUT2D eigenvalue weighted by Gasteiger charge is 2.36. The van der Waals surface area contributed by atoms with Crippen molar-refractivity contribution in [1.29, 1.82) is 0 Å². The van der Waals surface area contributed by atoms with Crippen LogP contribution in [0.25, 0.3) is 0 Å². The maximum atomic E-state index is 13.1. The van der Waals surface area contributed by atoms with Crippen molar-refractivity contribution in [2.45, 2.75) is 52.4 Å². The van der Waals surface area contributed by atoms with Crippen molar-refractivity contribution in [1.82, 2.24) is 14.8 Å². The molecule has 196 valence electrons. The Morgan fingerprint density at radius 2 is 1.92 bits per heavy atom. The second kappa shape index (κ2) is 12.0. The van der Waals surface area contributed by atoms with Crippen LogP contribution in [0.1, 0.15) is 50.4 Å². The number of aryl methyl sites for hydroxylation is 1. The van der Waals surface area contributed by atoms with E-state index in [1.165, 1.54) is 11.8 Å². The molecule has 0 spiro atoms. The number of carbonyl (C=O) groups excluding carboxylic acids is 1. The van der Waals surface area contributed by atoms with Crippen molar-refractivity contribution in [2.24, 2.45) is 0 Å². The Balaban J connectivity index is 1.79. The lowest BCUT2D eigenvalue weighted by molar-refractivity contribution is -0.139. The number of esters is 1. The average Bonchev–Trinajstić information content (AvgIpc) is 3.25. The summed E-state index contributed by atoms with van der Waals surface area (Å²) in [5.41, 5.74) is 4.18. The molecule has 0 bridgehead atoms. The molecule has 4 rings (SSSR count). The molecule has 10 heteroatoms. The van der Waals surface area contributed by atoms with Crippen molar-refractivity contribution in [3.8, 4) is 11.5 Å². The third kappa shape index (κ3) is 5.80. The zero-order chi connectivity index (χ0) is 26.5. The van der Waals surface area contributed by atoms with Crippen LogP contribution in [0.2, 0.25) is 0 Å². The maximum absolute atomic E-state index is 13.1. The fraction of sp³-hybridized carbons (Fsp3) is 0.370. The summed E-state index contributed by atoms with van der Waals surface area (Å²) in [4.78, 5) is 17.8. The van der Waals surface area contributed by atoms with Gasteiger partial charge in [0, 0.05) is 5.70 Å². The number of hydrogen-bond donors (Lipinski definition) is 1. The van der Waals surface area contributed by atoms with Gasteiger partial charge < -0.3 is 19.5 Å². The molecule has 1 aliphatic rings. The smallest absolute Gasteiger partial charge is 0.338 e. The Labute approximate surface area is 229 Å². The van der Waals surface area contributed by atoms with Gasteiger partial charge in [-0.05, 0) is 78.2 Å². The van der Waals surface area contributed by atoms with Crippen LogP contribution < -0.4 is 14.8 Å². The van der Waals surface area contributed by atoms with Crippen LogP contribution in [-0.2, 0) is 16.1 Å². The molecule has 3 aromatic rings. The number of anilines is 1. The van der Waals surface area contributed by atoms with Crippen LogP contribution in [0.5, 0.6) is 11.5 Å². The van der Waals surface area contributed by atoms with Crippen molar-refractivity contribution < 1.29 is 19.0 Å². The maximum Gasteiger partial charge on any atom is 0.338 e. The van der Waals surface area contributed by atoms with Gasteiger partial charge in [-0.15, -0.1) is 5.10 Å². The third-order valence-corrected chi connectivity index (χ3v) is 7.19. The lowest BCUT2D eigenvalue weighted by Crippen LogP contribution is -2.29. The van der Waals surface area contributed by atoms with Gasteiger partial charge in [-0.3, -0.25) is 0 Å². The molecular weight excluding hydrogens is 556 g/mol. The highest BCUT2D eigenvalue weighted by atomic mass is 79.9. The molecule has 0 saturated carbocycles. The Morgan fingerprint density at radius 3 is 2.62 bits per heavy atom. The van der Waals surface area contributed by atoms with Gasteiger partial charge in [0.05, 0.1) is 23.3 Å². The zero-order valence-electron chi connectivity index (χ0n) is 21.6. The number of nitrogens with zero attached hydrogens (tertiary/aromatic N) is 3. The van der Waals surface area contributed by atoms with E-state index in [0.717, 1.165) is 22.4 Å². The molecule has 0 fully saturated rings. The van der Waals surface area contributed by atoms with Gasteiger partial charge in [0.1, 0.15) is 12.6 Å². The van der Waals surface area contributed by atoms with Crippen molar-refractivity contribution in [3.05, 3.63) is 68.8 Å². The number of nitrogens with one attached hydrogen (secondary N) is 1. The number of allylic oxidation sites excluding steroid dienone is 1. The molecule has 2 aromatic carbocycles. The van der Waals surface area contributed by atoms with Crippen LogP contribution in [0.4, 0.5) is 5.95 Å². The molecule has 0 amide bonds. The molecule has 1 aromatic heterocycles. The fourth-order valence-corrected chi connectivity index (χ4v) is 5.30. The van der Waals surface area contributed by atoms with E-state index >= 15 is 0 Å². The quantitative estimate of drug-likeness (QED) is 0.219. The summed E-state index contributed by atoms with van der Waals surface area (Å²) in [7, 11) is 0. The Hall–Kier alpha value is -2.98. The van der Waals surface area contributed by atoms with Gasteiger partial charge >= 0.3 is 5.97 Å². The lowest BCUT2D eigenvalue weighted by atomic mass is 9.95. The lowest BCUT2D eigenvalue weighted by Gasteiger charge is -2.29. The Bertz CT molecular complexity index is 1320. The van der Waals surface area contributed by atoms with E-state index in [4.69, 9.17) is 19.3 Å². The van der Waals surface area contributed by atoms with E-state index in [1.807, 2.05) is 51.1 Å². The Morgan fingerprint density at radius 1 is 1.14 bits per heavy atom. The van der Waals surface area contributed by atoms with Crippen molar-refractivity contribution >= 4 is 39.6 Å². The summed E-state index contributed by atoms with van der Waals surface area (Å²) >= 11 is 5.24. The molecule has 1 aliphatic heterocycles. The van der Waals surface area contributed by atoms with Gasteiger partial charge in [0.2, 0.25) is 11.1 Å². The standard InChI is InChI=1S/C27H31BrN4O4S/c1-6-34-21-14-19(13-20(28)24(21)36-15-18-12-10-9-11-16(18)4)23-22(25(33)35-7-2)17(5)29-26-30-27(37-8-3)31-32(23)26/h9-14,23H,6-8,15H2,1-5H3,(H,29,30,31). The largest absolute Gasteiger partial charge is 0.490 e. The zero-order valence-corrected chi connectivity index (χ0v) is 24.0. The molecule has 8 nitrogen and oxygen atoms in total. The minimum absolute atomic E-state index is 0.267. The van der Waals surface area contributed by atoms with Gasteiger partial charge in [-0.25, -0.2) is 9.48 Å². The first-order valence-corrected chi connectivity index (χ1v) is 14.0. The number of hydrogen-bond acceptors (Lipinski definition) is 8. The monoisotopic (exact) mass is 586 g/mol. The second-order valence-corrected chi connectivity index (χ2v) is 10.4. The van der Waals surface area contributed by atoms with E-state index < -0.39 is 12.0 Å². The van der Waals surface area contributed by atoms with Gasteiger partial charge in [0.15, 0.2) is 11.5 Å². The second-order valence-electron chi connectivity index (χ2n) is 8.36. The highest BCUT2D eigenvalue weighted by Crippen LogP contribution is 2.43. The minimum atomic E-state index is -0.560. The first-order chi connectivity index (χ1) is 17.9.